The quantitative estimate of drug-likeness (QED) is 0.299. The molecule has 0 radical (unpaired) electrons. The van der Waals surface area contributed by atoms with Crippen molar-refractivity contribution < 1.29 is 9.60 Å². The molecule has 4 nitrogen and oxygen atoms in total. The van der Waals surface area contributed by atoms with E-state index < -0.39 is 0 Å². The fourth-order valence-corrected chi connectivity index (χ4v) is 2.73. The van der Waals surface area contributed by atoms with E-state index in [1.54, 1.807) is 17.0 Å². The number of rotatable bonds is 4. The van der Waals surface area contributed by atoms with Crippen LogP contribution < -0.4 is 10.6 Å². The first-order valence-corrected chi connectivity index (χ1v) is 7.45. The van der Waals surface area contributed by atoms with Gasteiger partial charge in [-0.1, -0.05) is 17.3 Å². The molecule has 2 rings (SSSR count). The number of benzene rings is 2. The molecule has 0 aliphatic heterocycles. The summed E-state index contributed by atoms with van der Waals surface area (Å²) in [7, 11) is 1.81. The molecule has 0 spiro atoms. The number of amidine groups is 1. The minimum absolute atomic E-state index is 0.0261. The zero-order chi connectivity index (χ0) is 15.4. The molecule has 0 unspecified atom stereocenters. The first-order chi connectivity index (χ1) is 10.1. The number of nitrogens with zero attached hydrogens (tertiary/aromatic N) is 2. The fraction of sp³-hybridized carbons (Fsp3) is 0.133. The zero-order valence-corrected chi connectivity index (χ0v) is 12.6. The number of oxime groups is 1. The van der Waals surface area contributed by atoms with Crippen LogP contribution in [0, 0.1) is 5.82 Å². The molecule has 0 saturated heterocycles. The molecule has 6 heteroatoms. The Morgan fingerprint density at radius 2 is 2.00 bits per heavy atom. The molecular weight excluding hydrogens is 289 g/mol. The van der Waals surface area contributed by atoms with Crippen molar-refractivity contribution in [2.45, 2.75) is 4.90 Å². The van der Waals surface area contributed by atoms with Gasteiger partial charge in [0.2, 0.25) is 0 Å². The Morgan fingerprint density at radius 3 is 2.62 bits per heavy atom. The monoisotopic (exact) mass is 305 g/mol. The van der Waals surface area contributed by atoms with Crippen LogP contribution in [0.5, 0.6) is 0 Å². The van der Waals surface area contributed by atoms with Gasteiger partial charge in [0.1, 0.15) is 5.82 Å². The van der Waals surface area contributed by atoms with Crippen molar-refractivity contribution in [1.82, 2.24) is 0 Å². The van der Waals surface area contributed by atoms with Gasteiger partial charge in [-0.15, -0.1) is 11.8 Å². The maximum atomic E-state index is 13.4. The summed E-state index contributed by atoms with van der Waals surface area (Å²) in [6.45, 7) is 0. The standard InChI is InChI=1S/C15H16FN3OS/c1-19(11-6-3-5-10(16)9-11)12-7-4-8-13(21-2)14(12)15(17)18-20/h3-9,20H,1-2H3,(H2,17,18). The molecule has 0 heterocycles. The molecule has 0 aliphatic carbocycles. The molecular formula is C15H16FN3OS. The van der Waals surface area contributed by atoms with Crippen LogP contribution in [0.4, 0.5) is 15.8 Å². The van der Waals surface area contributed by atoms with Crippen molar-refractivity contribution in [3.05, 3.63) is 53.8 Å². The number of anilines is 2. The van der Waals surface area contributed by atoms with Gasteiger partial charge >= 0.3 is 0 Å². The summed E-state index contributed by atoms with van der Waals surface area (Å²) < 4.78 is 13.4. The van der Waals surface area contributed by atoms with E-state index in [4.69, 9.17) is 10.9 Å². The van der Waals surface area contributed by atoms with Gasteiger partial charge in [0, 0.05) is 17.6 Å². The summed E-state index contributed by atoms with van der Waals surface area (Å²) in [5, 5.41) is 12.1. The van der Waals surface area contributed by atoms with Crippen molar-refractivity contribution in [1.29, 1.82) is 0 Å². The van der Waals surface area contributed by atoms with Crippen LogP contribution in [0.3, 0.4) is 0 Å². The van der Waals surface area contributed by atoms with Crippen LogP contribution >= 0.6 is 11.8 Å². The molecule has 110 valence electrons. The van der Waals surface area contributed by atoms with Gasteiger partial charge in [-0.3, -0.25) is 0 Å². The average molecular weight is 305 g/mol. The fourth-order valence-electron chi connectivity index (χ4n) is 2.10. The lowest BCUT2D eigenvalue weighted by atomic mass is 10.1. The van der Waals surface area contributed by atoms with Gasteiger partial charge < -0.3 is 15.8 Å². The van der Waals surface area contributed by atoms with Gasteiger partial charge in [0.25, 0.3) is 0 Å². The Labute approximate surface area is 127 Å². The largest absolute Gasteiger partial charge is 0.409 e. The summed E-state index contributed by atoms with van der Waals surface area (Å²) in [5.41, 5.74) is 7.85. The van der Waals surface area contributed by atoms with Crippen molar-refractivity contribution >= 4 is 29.0 Å². The van der Waals surface area contributed by atoms with E-state index in [-0.39, 0.29) is 11.7 Å². The van der Waals surface area contributed by atoms with E-state index in [0.29, 0.717) is 11.3 Å². The van der Waals surface area contributed by atoms with Crippen LogP contribution in [-0.2, 0) is 0 Å². The smallest absolute Gasteiger partial charge is 0.173 e. The highest BCUT2D eigenvalue weighted by Gasteiger charge is 2.16. The summed E-state index contributed by atoms with van der Waals surface area (Å²) in [4.78, 5) is 2.68. The highest BCUT2D eigenvalue weighted by Crippen LogP contribution is 2.33. The van der Waals surface area contributed by atoms with E-state index in [1.807, 2.05) is 31.5 Å². The number of nitrogens with two attached hydrogens (primary N) is 1. The predicted octanol–water partition coefficient (Wildman–Crippen LogP) is 3.41. The molecule has 0 fully saturated rings. The number of thioether (sulfide) groups is 1. The molecule has 0 amide bonds. The summed E-state index contributed by atoms with van der Waals surface area (Å²) in [6, 6.07) is 11.9. The summed E-state index contributed by atoms with van der Waals surface area (Å²) in [6.07, 6.45) is 1.91. The van der Waals surface area contributed by atoms with E-state index in [0.717, 1.165) is 10.6 Å². The van der Waals surface area contributed by atoms with Gasteiger partial charge in [0.15, 0.2) is 5.84 Å². The maximum absolute atomic E-state index is 13.4. The van der Waals surface area contributed by atoms with Crippen LogP contribution in [-0.4, -0.2) is 24.3 Å². The second-order valence-electron chi connectivity index (χ2n) is 4.38. The Balaban J connectivity index is 2.58. The van der Waals surface area contributed by atoms with Crippen molar-refractivity contribution in [3.8, 4) is 0 Å². The maximum Gasteiger partial charge on any atom is 0.173 e. The molecule has 0 aromatic heterocycles. The van der Waals surface area contributed by atoms with Crippen LogP contribution in [0.15, 0.2) is 52.5 Å². The van der Waals surface area contributed by atoms with Gasteiger partial charge in [-0.2, -0.15) is 0 Å². The van der Waals surface area contributed by atoms with Crippen molar-refractivity contribution in [3.63, 3.8) is 0 Å². The third kappa shape index (κ3) is 3.11. The minimum Gasteiger partial charge on any atom is -0.409 e. The first-order valence-electron chi connectivity index (χ1n) is 6.22. The predicted molar refractivity (Wildman–Crippen MR) is 85.2 cm³/mol. The van der Waals surface area contributed by atoms with Gasteiger partial charge in [0.05, 0.1) is 11.3 Å². The molecule has 0 bridgehead atoms. The topological polar surface area (TPSA) is 61.8 Å². The second kappa shape index (κ2) is 6.49. The normalized spacial score (nSPS) is 11.5. The molecule has 0 atom stereocenters. The number of hydrogen-bond donors (Lipinski definition) is 2. The highest BCUT2D eigenvalue weighted by molar-refractivity contribution is 7.98. The van der Waals surface area contributed by atoms with E-state index in [2.05, 4.69) is 5.16 Å². The third-order valence-electron chi connectivity index (χ3n) is 3.14. The van der Waals surface area contributed by atoms with Gasteiger partial charge in [-0.05, 0) is 36.6 Å². The van der Waals surface area contributed by atoms with E-state index in [1.165, 1.54) is 23.9 Å². The van der Waals surface area contributed by atoms with Crippen molar-refractivity contribution in [2.24, 2.45) is 10.9 Å². The van der Waals surface area contributed by atoms with Crippen LogP contribution in [0.25, 0.3) is 0 Å². The lowest BCUT2D eigenvalue weighted by Crippen LogP contribution is -2.20. The van der Waals surface area contributed by atoms with E-state index in [9.17, 15) is 4.39 Å². The highest BCUT2D eigenvalue weighted by atomic mass is 32.2. The van der Waals surface area contributed by atoms with Crippen LogP contribution in [0.2, 0.25) is 0 Å². The first kappa shape index (κ1) is 15.2. The molecule has 2 aromatic rings. The van der Waals surface area contributed by atoms with Gasteiger partial charge in [-0.25, -0.2) is 4.39 Å². The molecule has 0 saturated carbocycles. The Hall–Kier alpha value is -2.21. The second-order valence-corrected chi connectivity index (χ2v) is 5.23. The minimum atomic E-state index is -0.314. The summed E-state index contributed by atoms with van der Waals surface area (Å²) in [5.74, 6) is -0.288. The average Bonchev–Trinajstić information content (AvgIpc) is 2.52. The Bertz CT molecular complexity index is 676. The summed E-state index contributed by atoms with van der Waals surface area (Å²) >= 11 is 1.50. The third-order valence-corrected chi connectivity index (χ3v) is 3.92. The molecule has 3 N–H and O–H groups in total. The SMILES string of the molecule is CSc1cccc(N(C)c2cccc(F)c2)c1/C(N)=N/O. The zero-order valence-electron chi connectivity index (χ0n) is 11.7. The van der Waals surface area contributed by atoms with Crippen molar-refractivity contribution in [2.75, 3.05) is 18.2 Å². The van der Waals surface area contributed by atoms with Crippen LogP contribution in [0.1, 0.15) is 5.56 Å². The lowest BCUT2D eigenvalue weighted by Gasteiger charge is -2.23. The molecule has 2 aromatic carbocycles. The van der Waals surface area contributed by atoms with E-state index >= 15 is 0 Å². The number of halogens is 1. The molecule has 21 heavy (non-hydrogen) atoms. The Kier molecular flexibility index (Phi) is 4.70. The molecule has 0 aliphatic rings. The number of hydrogen-bond acceptors (Lipinski definition) is 4. The Morgan fingerprint density at radius 1 is 1.29 bits per heavy atom. The lowest BCUT2D eigenvalue weighted by molar-refractivity contribution is 0.318.